The van der Waals surface area contributed by atoms with Crippen molar-refractivity contribution in [2.45, 2.75) is 0 Å². The monoisotopic (exact) mass is 361 g/mol. The van der Waals surface area contributed by atoms with Crippen LogP contribution in [0.2, 0.25) is 0 Å². The molecule has 0 saturated heterocycles. The van der Waals surface area contributed by atoms with Gasteiger partial charge in [-0.1, -0.05) is 35.5 Å². The lowest BCUT2D eigenvalue weighted by atomic mass is 10.1. The smallest absolute Gasteiger partial charge is 0.261 e. The van der Waals surface area contributed by atoms with Crippen molar-refractivity contribution in [3.05, 3.63) is 73.0 Å². The number of nitrogens with zero attached hydrogens (tertiary/aromatic N) is 4. The quantitative estimate of drug-likeness (QED) is 0.587. The molecule has 0 aliphatic carbocycles. The summed E-state index contributed by atoms with van der Waals surface area (Å²) in [5.74, 6) is 0.173. The first-order chi connectivity index (χ1) is 13.3. The van der Waals surface area contributed by atoms with Gasteiger partial charge in [-0.25, -0.2) is 0 Å². The maximum atomic E-state index is 12.8. The Balaban J connectivity index is 1.66. The molecule has 0 radical (unpaired) electrons. The highest BCUT2D eigenvalue weighted by Crippen LogP contribution is 2.29. The molecule has 2 aromatic heterocycles. The van der Waals surface area contributed by atoms with E-state index in [2.05, 4.69) is 20.7 Å². The zero-order valence-corrected chi connectivity index (χ0v) is 14.4. The van der Waals surface area contributed by atoms with Gasteiger partial charge in [0.15, 0.2) is 0 Å². The molecular weight excluding hydrogens is 346 g/mol. The van der Waals surface area contributed by atoms with Crippen LogP contribution in [0.25, 0.3) is 16.9 Å². The van der Waals surface area contributed by atoms with Gasteiger partial charge in [-0.15, -0.1) is 10.2 Å². The van der Waals surface area contributed by atoms with Gasteiger partial charge in [0.05, 0.1) is 18.5 Å². The SMILES string of the molecule is COc1ccc(-n2cnnc2)cc1NC(=O)c1conc1-c1ccccc1. The third kappa shape index (κ3) is 3.28. The number of carbonyl (C=O) groups excluding carboxylic acids is 1. The van der Waals surface area contributed by atoms with Gasteiger partial charge in [-0.3, -0.25) is 9.36 Å². The molecule has 2 aromatic carbocycles. The Morgan fingerprint density at radius 3 is 2.63 bits per heavy atom. The molecule has 0 spiro atoms. The standard InChI is InChI=1S/C19H15N5O3/c1-26-17-8-7-14(24-11-20-21-12-24)9-16(17)22-19(25)15-10-27-23-18(15)13-5-3-2-4-6-13/h2-12H,1H3,(H,22,25). The van der Waals surface area contributed by atoms with Crippen molar-refractivity contribution in [2.75, 3.05) is 12.4 Å². The number of amides is 1. The second-order valence-corrected chi connectivity index (χ2v) is 5.65. The summed E-state index contributed by atoms with van der Waals surface area (Å²) in [5, 5.41) is 14.4. The van der Waals surface area contributed by atoms with Crippen molar-refractivity contribution in [3.63, 3.8) is 0 Å². The molecule has 0 saturated carbocycles. The number of nitrogens with one attached hydrogen (secondary N) is 1. The Morgan fingerprint density at radius 1 is 1.11 bits per heavy atom. The molecule has 1 amide bonds. The fraction of sp³-hybridized carbons (Fsp3) is 0.0526. The minimum atomic E-state index is -0.352. The van der Waals surface area contributed by atoms with E-state index in [1.54, 1.807) is 29.4 Å². The van der Waals surface area contributed by atoms with Crippen molar-refractivity contribution in [3.8, 4) is 22.7 Å². The lowest BCUT2D eigenvalue weighted by Crippen LogP contribution is -2.13. The summed E-state index contributed by atoms with van der Waals surface area (Å²) in [4.78, 5) is 12.8. The molecular formula is C19H15N5O3. The van der Waals surface area contributed by atoms with Gasteiger partial charge < -0.3 is 14.6 Å². The minimum absolute atomic E-state index is 0.331. The van der Waals surface area contributed by atoms with Gasteiger partial charge in [0.1, 0.15) is 35.9 Å². The third-order valence-corrected chi connectivity index (χ3v) is 4.01. The van der Waals surface area contributed by atoms with E-state index in [9.17, 15) is 4.79 Å². The first-order valence-corrected chi connectivity index (χ1v) is 8.10. The van der Waals surface area contributed by atoms with Crippen LogP contribution in [0.1, 0.15) is 10.4 Å². The van der Waals surface area contributed by atoms with Crippen LogP contribution in [0.15, 0.2) is 72.0 Å². The molecule has 0 unspecified atom stereocenters. The molecule has 134 valence electrons. The van der Waals surface area contributed by atoms with Crippen molar-refractivity contribution >= 4 is 11.6 Å². The third-order valence-electron chi connectivity index (χ3n) is 4.01. The molecule has 0 aliphatic heterocycles. The summed E-state index contributed by atoms with van der Waals surface area (Å²) in [7, 11) is 1.54. The van der Waals surface area contributed by atoms with Crippen molar-refractivity contribution in [1.82, 2.24) is 19.9 Å². The van der Waals surface area contributed by atoms with E-state index >= 15 is 0 Å². The normalized spacial score (nSPS) is 10.6. The Hall–Kier alpha value is -3.94. The van der Waals surface area contributed by atoms with Gasteiger partial charge in [-0.2, -0.15) is 0 Å². The zero-order chi connectivity index (χ0) is 18.6. The van der Waals surface area contributed by atoms with Crippen LogP contribution in [0.5, 0.6) is 5.75 Å². The minimum Gasteiger partial charge on any atom is -0.495 e. The van der Waals surface area contributed by atoms with E-state index in [-0.39, 0.29) is 5.91 Å². The number of benzene rings is 2. The van der Waals surface area contributed by atoms with Crippen LogP contribution in [0, 0.1) is 0 Å². The highest BCUT2D eigenvalue weighted by atomic mass is 16.5. The highest BCUT2D eigenvalue weighted by Gasteiger charge is 2.19. The van der Waals surface area contributed by atoms with Crippen molar-refractivity contribution < 1.29 is 14.1 Å². The molecule has 1 N–H and O–H groups in total. The Labute approximate surface area is 154 Å². The fourth-order valence-corrected chi connectivity index (χ4v) is 2.68. The second-order valence-electron chi connectivity index (χ2n) is 5.65. The lowest BCUT2D eigenvalue weighted by Gasteiger charge is -2.12. The average Bonchev–Trinajstić information content (AvgIpc) is 3.40. The predicted octanol–water partition coefficient (Wildman–Crippen LogP) is 3.18. The van der Waals surface area contributed by atoms with E-state index < -0.39 is 0 Å². The van der Waals surface area contributed by atoms with E-state index in [0.717, 1.165) is 11.3 Å². The van der Waals surface area contributed by atoms with E-state index in [4.69, 9.17) is 9.26 Å². The molecule has 0 bridgehead atoms. The molecule has 0 atom stereocenters. The van der Waals surface area contributed by atoms with Crippen LogP contribution >= 0.6 is 0 Å². The fourth-order valence-electron chi connectivity index (χ4n) is 2.68. The van der Waals surface area contributed by atoms with Crippen LogP contribution in [0.3, 0.4) is 0 Å². The molecule has 0 fully saturated rings. The number of methoxy groups -OCH3 is 1. The maximum absolute atomic E-state index is 12.8. The topological polar surface area (TPSA) is 95.1 Å². The summed E-state index contributed by atoms with van der Waals surface area (Å²) in [5.41, 5.74) is 2.89. The molecule has 0 aliphatic rings. The second kappa shape index (κ2) is 7.12. The summed E-state index contributed by atoms with van der Waals surface area (Å²) in [6.07, 6.45) is 4.47. The summed E-state index contributed by atoms with van der Waals surface area (Å²) >= 11 is 0. The maximum Gasteiger partial charge on any atom is 0.261 e. The summed E-state index contributed by atoms with van der Waals surface area (Å²) < 4.78 is 12.1. The Morgan fingerprint density at radius 2 is 1.89 bits per heavy atom. The van der Waals surface area contributed by atoms with Crippen molar-refractivity contribution in [1.29, 1.82) is 0 Å². The largest absolute Gasteiger partial charge is 0.495 e. The van der Waals surface area contributed by atoms with Crippen LogP contribution in [-0.2, 0) is 0 Å². The molecule has 8 nitrogen and oxygen atoms in total. The first kappa shape index (κ1) is 16.5. The van der Waals surface area contributed by atoms with E-state index in [1.807, 2.05) is 36.4 Å². The van der Waals surface area contributed by atoms with Crippen molar-refractivity contribution in [2.24, 2.45) is 0 Å². The molecule has 4 aromatic rings. The van der Waals surface area contributed by atoms with Gasteiger partial charge in [0.25, 0.3) is 5.91 Å². The van der Waals surface area contributed by atoms with Crippen LogP contribution in [-0.4, -0.2) is 32.9 Å². The van der Waals surface area contributed by atoms with Gasteiger partial charge in [-0.05, 0) is 18.2 Å². The molecule has 2 heterocycles. The van der Waals surface area contributed by atoms with Crippen LogP contribution < -0.4 is 10.1 Å². The Bertz CT molecular complexity index is 1060. The number of rotatable bonds is 5. The number of anilines is 1. The van der Waals surface area contributed by atoms with Crippen LogP contribution in [0.4, 0.5) is 5.69 Å². The number of ether oxygens (including phenoxy) is 1. The summed E-state index contributed by atoms with van der Waals surface area (Å²) in [6, 6.07) is 14.7. The number of hydrogen-bond acceptors (Lipinski definition) is 6. The number of aromatic nitrogens is 4. The zero-order valence-electron chi connectivity index (χ0n) is 14.4. The van der Waals surface area contributed by atoms with E-state index in [1.165, 1.54) is 13.4 Å². The average molecular weight is 361 g/mol. The summed E-state index contributed by atoms with van der Waals surface area (Å²) in [6.45, 7) is 0. The number of hydrogen-bond donors (Lipinski definition) is 1. The van der Waals surface area contributed by atoms with Gasteiger partial charge >= 0.3 is 0 Å². The molecule has 8 heteroatoms. The lowest BCUT2D eigenvalue weighted by molar-refractivity contribution is 0.102. The molecule has 27 heavy (non-hydrogen) atoms. The van der Waals surface area contributed by atoms with Gasteiger partial charge in [0.2, 0.25) is 0 Å². The predicted molar refractivity (Wildman–Crippen MR) is 97.8 cm³/mol. The number of carbonyl (C=O) groups is 1. The molecule has 4 rings (SSSR count). The first-order valence-electron chi connectivity index (χ1n) is 8.10. The van der Waals surface area contributed by atoms with E-state index in [0.29, 0.717) is 22.7 Å². The Kier molecular flexibility index (Phi) is 4.36. The highest BCUT2D eigenvalue weighted by molar-refractivity contribution is 6.08. The van der Waals surface area contributed by atoms with Gasteiger partial charge in [0, 0.05) is 5.56 Å².